The van der Waals surface area contributed by atoms with Crippen LogP contribution in [0.15, 0.2) is 37.0 Å². The number of allylic oxidation sites excluding steroid dienone is 4. The van der Waals surface area contributed by atoms with Gasteiger partial charge >= 0.3 is 0 Å². The highest BCUT2D eigenvalue weighted by Crippen LogP contribution is 2.19. The SMILES string of the molecule is C=CCCCC=CCCCCC(C)NC1CC(C)CC=CC1O. The Hall–Kier alpha value is -0.860. The maximum absolute atomic E-state index is 10.2. The van der Waals surface area contributed by atoms with Crippen molar-refractivity contribution in [1.29, 1.82) is 0 Å². The molecule has 0 aromatic carbocycles. The second-order valence-electron chi connectivity index (χ2n) is 7.14. The third kappa shape index (κ3) is 9.78. The van der Waals surface area contributed by atoms with Gasteiger partial charge in [0.15, 0.2) is 0 Å². The summed E-state index contributed by atoms with van der Waals surface area (Å²) in [6.07, 6.45) is 20.9. The quantitative estimate of drug-likeness (QED) is 0.407. The summed E-state index contributed by atoms with van der Waals surface area (Å²) < 4.78 is 0. The van der Waals surface area contributed by atoms with E-state index < -0.39 is 0 Å². The van der Waals surface area contributed by atoms with Crippen LogP contribution in [0.25, 0.3) is 0 Å². The first-order chi connectivity index (χ1) is 11.1. The summed E-state index contributed by atoms with van der Waals surface area (Å²) in [5.41, 5.74) is 0. The van der Waals surface area contributed by atoms with E-state index in [-0.39, 0.29) is 12.1 Å². The fourth-order valence-corrected chi connectivity index (χ4v) is 3.20. The number of nitrogens with one attached hydrogen (secondary N) is 1. The molecule has 0 heterocycles. The van der Waals surface area contributed by atoms with Crippen LogP contribution in [-0.2, 0) is 0 Å². The molecule has 4 unspecified atom stereocenters. The minimum Gasteiger partial charge on any atom is -0.387 e. The molecule has 0 bridgehead atoms. The first-order valence-electron chi connectivity index (χ1n) is 9.50. The van der Waals surface area contributed by atoms with Crippen LogP contribution in [-0.4, -0.2) is 23.3 Å². The molecule has 0 fully saturated rings. The average Bonchev–Trinajstić information content (AvgIpc) is 2.67. The van der Waals surface area contributed by atoms with Crippen LogP contribution < -0.4 is 5.32 Å². The van der Waals surface area contributed by atoms with Gasteiger partial charge in [0, 0.05) is 12.1 Å². The molecule has 0 aromatic heterocycles. The lowest BCUT2D eigenvalue weighted by atomic mass is 9.97. The summed E-state index contributed by atoms with van der Waals surface area (Å²) in [7, 11) is 0. The maximum Gasteiger partial charge on any atom is 0.0874 e. The van der Waals surface area contributed by atoms with Gasteiger partial charge in [-0.25, -0.2) is 0 Å². The van der Waals surface area contributed by atoms with Crippen molar-refractivity contribution in [3.8, 4) is 0 Å². The average molecular weight is 320 g/mol. The van der Waals surface area contributed by atoms with Crippen molar-refractivity contribution in [2.75, 3.05) is 0 Å². The van der Waals surface area contributed by atoms with E-state index in [1.807, 2.05) is 12.2 Å². The van der Waals surface area contributed by atoms with Gasteiger partial charge in [-0.15, -0.1) is 6.58 Å². The molecule has 0 radical (unpaired) electrons. The number of hydrogen-bond acceptors (Lipinski definition) is 2. The van der Waals surface area contributed by atoms with E-state index in [2.05, 4.69) is 44.0 Å². The highest BCUT2D eigenvalue weighted by atomic mass is 16.3. The van der Waals surface area contributed by atoms with Gasteiger partial charge in [0.1, 0.15) is 0 Å². The normalized spacial score (nSPS) is 26.3. The van der Waals surface area contributed by atoms with Crippen molar-refractivity contribution in [2.24, 2.45) is 5.92 Å². The fraction of sp³-hybridized carbons (Fsp3) is 0.714. The molecule has 2 nitrogen and oxygen atoms in total. The summed E-state index contributed by atoms with van der Waals surface area (Å²) in [6.45, 7) is 8.26. The van der Waals surface area contributed by atoms with Gasteiger partial charge in [-0.2, -0.15) is 0 Å². The van der Waals surface area contributed by atoms with Crippen LogP contribution in [0.2, 0.25) is 0 Å². The zero-order chi connectivity index (χ0) is 16.9. The Balaban J connectivity index is 2.10. The molecule has 132 valence electrons. The molecule has 1 rings (SSSR count). The zero-order valence-corrected chi connectivity index (χ0v) is 15.2. The van der Waals surface area contributed by atoms with Gasteiger partial charge in [0.05, 0.1) is 6.10 Å². The first-order valence-corrected chi connectivity index (χ1v) is 9.50. The largest absolute Gasteiger partial charge is 0.387 e. The Labute approximate surface area is 143 Å². The number of hydrogen-bond donors (Lipinski definition) is 2. The van der Waals surface area contributed by atoms with Crippen LogP contribution in [0.4, 0.5) is 0 Å². The molecular formula is C21H37NO. The Kier molecular flexibility index (Phi) is 11.0. The second-order valence-corrected chi connectivity index (χ2v) is 7.14. The zero-order valence-electron chi connectivity index (χ0n) is 15.2. The van der Waals surface area contributed by atoms with Gasteiger partial charge < -0.3 is 10.4 Å². The molecule has 0 saturated heterocycles. The minimum atomic E-state index is -0.333. The van der Waals surface area contributed by atoms with Crippen molar-refractivity contribution >= 4 is 0 Å². The molecule has 0 aromatic rings. The van der Waals surface area contributed by atoms with Crippen molar-refractivity contribution in [1.82, 2.24) is 5.32 Å². The molecule has 0 amide bonds. The standard InChI is InChI=1S/C21H37NO/c1-4-5-6-7-8-9-10-11-12-15-19(3)22-20-17-18(2)14-13-16-21(20)23/h4,8-9,13,16,18-23H,1,5-7,10-12,14-15,17H2,2-3H3. The van der Waals surface area contributed by atoms with Gasteiger partial charge in [0.25, 0.3) is 0 Å². The van der Waals surface area contributed by atoms with Gasteiger partial charge in [-0.1, -0.05) is 43.7 Å². The predicted molar refractivity (Wildman–Crippen MR) is 102 cm³/mol. The summed E-state index contributed by atoms with van der Waals surface area (Å²) in [6, 6.07) is 0.688. The van der Waals surface area contributed by atoms with Gasteiger partial charge in [0.2, 0.25) is 0 Å². The van der Waals surface area contributed by atoms with E-state index in [0.717, 1.165) is 19.3 Å². The number of aliphatic hydroxyl groups excluding tert-OH is 1. The van der Waals surface area contributed by atoms with E-state index in [4.69, 9.17) is 0 Å². The minimum absolute atomic E-state index is 0.212. The third-order valence-corrected chi connectivity index (χ3v) is 4.64. The maximum atomic E-state index is 10.2. The molecule has 0 saturated carbocycles. The predicted octanol–water partition coefficient (Wildman–Crippen LogP) is 5.15. The van der Waals surface area contributed by atoms with Crippen LogP contribution >= 0.6 is 0 Å². The summed E-state index contributed by atoms with van der Waals surface area (Å²) >= 11 is 0. The van der Waals surface area contributed by atoms with E-state index in [1.54, 1.807) is 0 Å². The Morgan fingerprint density at radius 2 is 1.96 bits per heavy atom. The molecule has 4 atom stereocenters. The van der Waals surface area contributed by atoms with E-state index in [9.17, 15) is 5.11 Å². The van der Waals surface area contributed by atoms with E-state index in [0.29, 0.717) is 12.0 Å². The highest BCUT2D eigenvalue weighted by Gasteiger charge is 2.22. The first kappa shape index (κ1) is 20.2. The monoisotopic (exact) mass is 319 g/mol. The Morgan fingerprint density at radius 1 is 1.22 bits per heavy atom. The van der Waals surface area contributed by atoms with Crippen LogP contribution in [0, 0.1) is 5.92 Å². The molecule has 1 aliphatic carbocycles. The summed E-state index contributed by atoms with van der Waals surface area (Å²) in [5, 5.41) is 13.8. The topological polar surface area (TPSA) is 32.3 Å². The van der Waals surface area contributed by atoms with Gasteiger partial charge in [-0.3, -0.25) is 0 Å². The number of rotatable bonds is 11. The summed E-state index contributed by atoms with van der Waals surface area (Å²) in [4.78, 5) is 0. The molecule has 2 heteroatoms. The van der Waals surface area contributed by atoms with E-state index in [1.165, 1.54) is 38.5 Å². The highest BCUT2D eigenvalue weighted by molar-refractivity contribution is 5.00. The van der Waals surface area contributed by atoms with Crippen molar-refractivity contribution in [3.63, 3.8) is 0 Å². The van der Waals surface area contributed by atoms with Crippen molar-refractivity contribution in [2.45, 2.75) is 89.8 Å². The summed E-state index contributed by atoms with van der Waals surface area (Å²) in [5.74, 6) is 0.652. The third-order valence-electron chi connectivity index (χ3n) is 4.64. The number of unbranched alkanes of at least 4 members (excludes halogenated alkanes) is 4. The van der Waals surface area contributed by atoms with Crippen LogP contribution in [0.1, 0.15) is 71.6 Å². The Morgan fingerprint density at radius 3 is 2.70 bits per heavy atom. The van der Waals surface area contributed by atoms with Crippen molar-refractivity contribution < 1.29 is 5.11 Å². The second kappa shape index (κ2) is 12.5. The lowest BCUT2D eigenvalue weighted by molar-refractivity contribution is 0.152. The van der Waals surface area contributed by atoms with Crippen LogP contribution in [0.5, 0.6) is 0 Å². The molecule has 0 aliphatic heterocycles. The van der Waals surface area contributed by atoms with E-state index >= 15 is 0 Å². The van der Waals surface area contributed by atoms with Crippen molar-refractivity contribution in [3.05, 3.63) is 37.0 Å². The molecular weight excluding hydrogens is 282 g/mol. The molecule has 1 aliphatic rings. The molecule has 0 spiro atoms. The van der Waals surface area contributed by atoms with Gasteiger partial charge in [-0.05, 0) is 64.2 Å². The lowest BCUT2D eigenvalue weighted by Gasteiger charge is -2.26. The smallest absolute Gasteiger partial charge is 0.0874 e. The van der Waals surface area contributed by atoms with Crippen LogP contribution in [0.3, 0.4) is 0 Å². The lowest BCUT2D eigenvalue weighted by Crippen LogP contribution is -2.44. The number of aliphatic hydroxyl groups is 1. The Bertz CT molecular complexity index is 361. The molecule has 2 N–H and O–H groups in total. The fourth-order valence-electron chi connectivity index (χ4n) is 3.20. The molecule has 23 heavy (non-hydrogen) atoms.